The highest BCUT2D eigenvalue weighted by Gasteiger charge is 2.16. The Morgan fingerprint density at radius 1 is 1.13 bits per heavy atom. The summed E-state index contributed by atoms with van der Waals surface area (Å²) in [6.07, 6.45) is 0.778. The first kappa shape index (κ1) is 22.6. The lowest BCUT2D eigenvalue weighted by atomic mass is 10.2. The maximum atomic E-state index is 12.8. The molecule has 0 aliphatic rings. The Bertz CT molecular complexity index is 1140. The van der Waals surface area contributed by atoms with Crippen molar-refractivity contribution in [2.45, 2.75) is 32.0 Å². The maximum Gasteiger partial charge on any atom is 0.262 e. The maximum absolute atomic E-state index is 12.8. The number of carbonyl (C=O) groups excluding carboxylic acids is 2. The lowest BCUT2D eigenvalue weighted by molar-refractivity contribution is -0.131. The Hall–Kier alpha value is -3.13. The number of thioether (sulfide) groups is 1. The molecule has 162 valence electrons. The molecule has 0 fully saturated rings. The van der Waals surface area contributed by atoms with Crippen LogP contribution in [-0.4, -0.2) is 45.6 Å². The zero-order valence-electron chi connectivity index (χ0n) is 17.9. The number of hydrogen-bond acceptors (Lipinski definition) is 5. The molecule has 3 aromatic rings. The standard InChI is InChI=1S/C23H26N4O3S/c1-4-13-27-22(30)18-7-5-6-8-19(18)25-23(27)31-15-21(29)26(3)14-20(28)24-17-11-9-16(2)10-12-17/h5-12H,4,13-15H2,1-3H3,(H,24,28). The van der Waals surface area contributed by atoms with Crippen LogP contribution in [0.1, 0.15) is 18.9 Å². The Balaban J connectivity index is 1.64. The largest absolute Gasteiger partial charge is 0.336 e. The lowest BCUT2D eigenvalue weighted by Gasteiger charge is -2.17. The van der Waals surface area contributed by atoms with E-state index in [4.69, 9.17) is 0 Å². The van der Waals surface area contributed by atoms with E-state index >= 15 is 0 Å². The van der Waals surface area contributed by atoms with E-state index in [1.165, 1.54) is 16.7 Å². The van der Waals surface area contributed by atoms with Gasteiger partial charge in [-0.25, -0.2) is 4.98 Å². The van der Waals surface area contributed by atoms with E-state index in [2.05, 4.69) is 10.3 Å². The molecule has 2 amide bonds. The van der Waals surface area contributed by atoms with Gasteiger partial charge in [-0.2, -0.15) is 0 Å². The Labute approximate surface area is 185 Å². The Morgan fingerprint density at radius 3 is 2.55 bits per heavy atom. The molecular weight excluding hydrogens is 412 g/mol. The van der Waals surface area contributed by atoms with Crippen molar-refractivity contribution in [3.05, 3.63) is 64.4 Å². The van der Waals surface area contributed by atoms with Gasteiger partial charge in [0, 0.05) is 19.3 Å². The number of aromatic nitrogens is 2. The third-order valence-corrected chi connectivity index (χ3v) is 5.70. The Kier molecular flexibility index (Phi) is 7.46. The highest BCUT2D eigenvalue weighted by atomic mass is 32.2. The number of para-hydroxylation sites is 1. The molecule has 1 N–H and O–H groups in total. The highest BCUT2D eigenvalue weighted by Crippen LogP contribution is 2.18. The molecule has 1 heterocycles. The van der Waals surface area contributed by atoms with Crippen molar-refractivity contribution < 1.29 is 9.59 Å². The summed E-state index contributed by atoms with van der Waals surface area (Å²) in [6.45, 7) is 4.43. The normalized spacial score (nSPS) is 10.8. The first-order chi connectivity index (χ1) is 14.9. The lowest BCUT2D eigenvalue weighted by Crippen LogP contribution is -2.36. The molecule has 0 saturated heterocycles. The van der Waals surface area contributed by atoms with Gasteiger partial charge >= 0.3 is 0 Å². The zero-order valence-corrected chi connectivity index (χ0v) is 18.7. The molecule has 8 heteroatoms. The van der Waals surface area contributed by atoms with Crippen LogP contribution >= 0.6 is 11.8 Å². The number of hydrogen-bond donors (Lipinski definition) is 1. The van der Waals surface area contributed by atoms with Crippen LogP contribution in [0, 0.1) is 6.92 Å². The van der Waals surface area contributed by atoms with Crippen molar-refractivity contribution in [3.63, 3.8) is 0 Å². The highest BCUT2D eigenvalue weighted by molar-refractivity contribution is 7.99. The summed E-state index contributed by atoms with van der Waals surface area (Å²) < 4.78 is 1.62. The molecule has 0 radical (unpaired) electrons. The smallest absolute Gasteiger partial charge is 0.262 e. The number of fused-ring (bicyclic) bond motifs is 1. The van der Waals surface area contributed by atoms with Gasteiger partial charge in [0.2, 0.25) is 11.8 Å². The van der Waals surface area contributed by atoms with Crippen LogP contribution in [0.5, 0.6) is 0 Å². The number of aryl methyl sites for hydroxylation is 1. The van der Waals surface area contributed by atoms with Crippen LogP contribution in [0.2, 0.25) is 0 Å². The molecule has 0 spiro atoms. The van der Waals surface area contributed by atoms with Crippen molar-refractivity contribution >= 4 is 40.2 Å². The van der Waals surface area contributed by atoms with Crippen molar-refractivity contribution in [1.82, 2.24) is 14.5 Å². The van der Waals surface area contributed by atoms with Gasteiger partial charge in [0.1, 0.15) is 0 Å². The van der Waals surface area contributed by atoms with Crippen molar-refractivity contribution in [1.29, 1.82) is 0 Å². The summed E-state index contributed by atoms with van der Waals surface area (Å²) >= 11 is 1.21. The molecule has 0 atom stereocenters. The summed E-state index contributed by atoms with van der Waals surface area (Å²) in [4.78, 5) is 43.6. The van der Waals surface area contributed by atoms with Gasteiger partial charge in [0.15, 0.2) is 5.16 Å². The van der Waals surface area contributed by atoms with Gasteiger partial charge < -0.3 is 10.2 Å². The fourth-order valence-corrected chi connectivity index (χ4v) is 4.02. The molecule has 31 heavy (non-hydrogen) atoms. The van der Waals surface area contributed by atoms with E-state index in [1.54, 1.807) is 23.7 Å². The average molecular weight is 439 g/mol. The molecule has 0 aliphatic heterocycles. The predicted octanol–water partition coefficient (Wildman–Crippen LogP) is 3.30. The van der Waals surface area contributed by atoms with Gasteiger partial charge in [-0.05, 0) is 37.6 Å². The number of likely N-dealkylation sites (N-methyl/N-ethyl adjacent to an activating group) is 1. The van der Waals surface area contributed by atoms with Crippen LogP contribution in [0.3, 0.4) is 0 Å². The van der Waals surface area contributed by atoms with Gasteiger partial charge in [-0.1, -0.05) is 48.5 Å². The molecule has 1 aromatic heterocycles. The molecule has 0 saturated carbocycles. The first-order valence-corrected chi connectivity index (χ1v) is 11.1. The molecule has 0 aliphatic carbocycles. The summed E-state index contributed by atoms with van der Waals surface area (Å²) in [5, 5.41) is 3.86. The third-order valence-electron chi connectivity index (χ3n) is 4.74. The zero-order chi connectivity index (χ0) is 22.4. The van der Waals surface area contributed by atoms with Crippen molar-refractivity contribution in [2.75, 3.05) is 24.7 Å². The van der Waals surface area contributed by atoms with Gasteiger partial charge in [-0.15, -0.1) is 0 Å². The quantitative estimate of drug-likeness (QED) is 0.431. The monoisotopic (exact) mass is 438 g/mol. The summed E-state index contributed by atoms with van der Waals surface area (Å²) in [6, 6.07) is 14.7. The van der Waals surface area contributed by atoms with Gasteiger partial charge in [0.25, 0.3) is 5.56 Å². The second kappa shape index (κ2) is 10.3. The number of carbonyl (C=O) groups is 2. The summed E-state index contributed by atoms with van der Waals surface area (Å²) in [7, 11) is 1.59. The number of nitrogens with one attached hydrogen (secondary N) is 1. The van der Waals surface area contributed by atoms with Crippen LogP contribution in [0.25, 0.3) is 10.9 Å². The van der Waals surface area contributed by atoms with Gasteiger partial charge in [-0.3, -0.25) is 19.0 Å². The Morgan fingerprint density at radius 2 is 1.84 bits per heavy atom. The fraction of sp³-hybridized carbons (Fsp3) is 0.304. The first-order valence-electron chi connectivity index (χ1n) is 10.1. The topological polar surface area (TPSA) is 84.3 Å². The predicted molar refractivity (Wildman–Crippen MR) is 124 cm³/mol. The van der Waals surface area contributed by atoms with E-state index in [1.807, 2.05) is 50.2 Å². The van der Waals surface area contributed by atoms with E-state index in [0.717, 1.165) is 12.0 Å². The number of anilines is 1. The molecule has 7 nitrogen and oxygen atoms in total. The third kappa shape index (κ3) is 5.73. The summed E-state index contributed by atoms with van der Waals surface area (Å²) in [5.74, 6) is -0.394. The molecule has 3 rings (SSSR count). The number of benzene rings is 2. The van der Waals surface area contributed by atoms with E-state index in [0.29, 0.717) is 28.3 Å². The molecular formula is C23H26N4O3S. The van der Waals surface area contributed by atoms with E-state index in [-0.39, 0.29) is 29.7 Å². The average Bonchev–Trinajstić information content (AvgIpc) is 2.76. The van der Waals surface area contributed by atoms with Gasteiger partial charge in [0.05, 0.1) is 23.2 Å². The number of amides is 2. The SMILES string of the molecule is CCCn1c(SCC(=O)N(C)CC(=O)Nc2ccc(C)cc2)nc2ccccc2c1=O. The fourth-order valence-electron chi connectivity index (χ4n) is 3.06. The van der Waals surface area contributed by atoms with Crippen molar-refractivity contribution in [3.8, 4) is 0 Å². The molecule has 0 bridgehead atoms. The number of rotatable bonds is 8. The minimum Gasteiger partial charge on any atom is -0.336 e. The van der Waals surface area contributed by atoms with Crippen molar-refractivity contribution in [2.24, 2.45) is 0 Å². The number of nitrogens with zero attached hydrogens (tertiary/aromatic N) is 3. The summed E-state index contributed by atoms with van der Waals surface area (Å²) in [5.41, 5.74) is 2.30. The van der Waals surface area contributed by atoms with Crippen LogP contribution < -0.4 is 10.9 Å². The minimum absolute atomic E-state index is 0.0554. The second-order valence-electron chi connectivity index (χ2n) is 7.32. The minimum atomic E-state index is -0.267. The molecule has 2 aromatic carbocycles. The van der Waals surface area contributed by atoms with Crippen LogP contribution in [0.15, 0.2) is 58.5 Å². The van der Waals surface area contributed by atoms with E-state index in [9.17, 15) is 14.4 Å². The van der Waals surface area contributed by atoms with Crippen LogP contribution in [-0.2, 0) is 16.1 Å². The second-order valence-corrected chi connectivity index (χ2v) is 8.26. The van der Waals surface area contributed by atoms with E-state index < -0.39 is 0 Å². The molecule has 0 unspecified atom stereocenters. The van der Waals surface area contributed by atoms with Crippen LogP contribution in [0.4, 0.5) is 5.69 Å².